The molecule has 0 radical (unpaired) electrons. The van der Waals surface area contributed by atoms with Crippen LogP contribution < -0.4 is 19.8 Å². The number of anilines is 1. The molecule has 3 aromatic rings. The van der Waals surface area contributed by atoms with Gasteiger partial charge in [0, 0.05) is 10.7 Å². The Morgan fingerprint density at radius 1 is 1.21 bits per heavy atom. The van der Waals surface area contributed by atoms with Crippen molar-refractivity contribution in [2.75, 3.05) is 18.2 Å². The number of rotatable bonds is 4. The molecule has 0 atom stereocenters. The van der Waals surface area contributed by atoms with Crippen molar-refractivity contribution in [2.45, 2.75) is 13.6 Å². The molecule has 0 bridgehead atoms. The van der Waals surface area contributed by atoms with Gasteiger partial charge >= 0.3 is 5.97 Å². The molecule has 0 amide bonds. The molecule has 0 saturated carbocycles. The second-order valence-corrected chi connectivity index (χ2v) is 7.87. The number of nitrogens with zero attached hydrogens (tertiary/aromatic N) is 3. The number of aromatic nitrogens is 1. The maximum absolute atomic E-state index is 12.8. The molecule has 148 valence electrons. The van der Waals surface area contributed by atoms with Crippen LogP contribution in [0.4, 0.5) is 5.69 Å². The fourth-order valence-electron chi connectivity index (χ4n) is 3.01. The molecule has 1 aliphatic rings. The van der Waals surface area contributed by atoms with Crippen molar-refractivity contribution >= 4 is 40.7 Å². The summed E-state index contributed by atoms with van der Waals surface area (Å²) in [5.74, 6) is -0.346. The summed E-state index contributed by atoms with van der Waals surface area (Å²) < 4.78 is 7.30. The third kappa shape index (κ3) is 4.11. The number of benzene rings is 2. The van der Waals surface area contributed by atoms with Gasteiger partial charge in [-0.15, -0.1) is 0 Å². The molecule has 2 aromatic carbocycles. The lowest BCUT2D eigenvalue weighted by Gasteiger charge is -2.25. The summed E-state index contributed by atoms with van der Waals surface area (Å²) in [4.78, 5) is 31.9. The van der Waals surface area contributed by atoms with E-state index in [9.17, 15) is 9.59 Å². The van der Waals surface area contributed by atoms with E-state index in [2.05, 4.69) is 4.99 Å². The molecule has 29 heavy (non-hydrogen) atoms. The number of carbonyl (C=O) groups excluding carboxylic acids is 1. The summed E-state index contributed by atoms with van der Waals surface area (Å²) in [5.41, 5.74) is 2.22. The highest BCUT2D eigenvalue weighted by Crippen LogP contribution is 2.17. The standard InChI is InChI=1S/C21H18ClN3O3S/c1-2-28-20(27)15-5-9-17(10-6-15)24-12-23-21-25(13-24)19(26)18(29-21)11-14-3-7-16(22)8-4-14/h3-11H,2,12-13H2,1H3/b18-11-. The molecule has 1 aliphatic heterocycles. The van der Waals surface area contributed by atoms with Crippen molar-refractivity contribution in [2.24, 2.45) is 4.99 Å². The highest BCUT2D eigenvalue weighted by Gasteiger charge is 2.16. The van der Waals surface area contributed by atoms with Crippen LogP contribution in [0.1, 0.15) is 22.8 Å². The zero-order valence-corrected chi connectivity index (χ0v) is 17.2. The molecule has 0 unspecified atom stereocenters. The maximum atomic E-state index is 12.8. The zero-order valence-electron chi connectivity index (χ0n) is 15.7. The van der Waals surface area contributed by atoms with Crippen molar-refractivity contribution in [1.82, 2.24) is 4.57 Å². The molecular weight excluding hydrogens is 410 g/mol. The summed E-state index contributed by atoms with van der Waals surface area (Å²) in [7, 11) is 0. The molecule has 0 fully saturated rings. The smallest absolute Gasteiger partial charge is 0.338 e. The Labute approximate surface area is 176 Å². The molecule has 2 heterocycles. The predicted octanol–water partition coefficient (Wildman–Crippen LogP) is 2.62. The lowest BCUT2D eigenvalue weighted by molar-refractivity contribution is 0.0526. The van der Waals surface area contributed by atoms with Gasteiger partial charge in [0.15, 0.2) is 4.80 Å². The predicted molar refractivity (Wildman–Crippen MR) is 114 cm³/mol. The van der Waals surface area contributed by atoms with Crippen LogP contribution in [0.5, 0.6) is 0 Å². The van der Waals surface area contributed by atoms with Crippen molar-refractivity contribution < 1.29 is 9.53 Å². The topological polar surface area (TPSA) is 63.9 Å². The van der Waals surface area contributed by atoms with E-state index >= 15 is 0 Å². The molecule has 8 heteroatoms. The lowest BCUT2D eigenvalue weighted by Crippen LogP contribution is -2.42. The molecule has 6 nitrogen and oxygen atoms in total. The minimum atomic E-state index is -0.346. The van der Waals surface area contributed by atoms with Gasteiger partial charge in [-0.1, -0.05) is 35.1 Å². The van der Waals surface area contributed by atoms with E-state index in [0.29, 0.717) is 39.9 Å². The Morgan fingerprint density at radius 3 is 2.62 bits per heavy atom. The van der Waals surface area contributed by atoms with Crippen LogP contribution in [0.15, 0.2) is 58.3 Å². The van der Waals surface area contributed by atoms with Crippen LogP contribution in [-0.2, 0) is 11.4 Å². The SMILES string of the molecule is CCOC(=O)c1ccc(N2CN=c3s/c(=C\c4ccc(Cl)cc4)c(=O)n3C2)cc1. The van der Waals surface area contributed by atoms with E-state index in [1.807, 2.05) is 35.2 Å². The van der Waals surface area contributed by atoms with Crippen LogP contribution in [0, 0.1) is 0 Å². The van der Waals surface area contributed by atoms with Crippen LogP contribution in [0.3, 0.4) is 0 Å². The summed E-state index contributed by atoms with van der Waals surface area (Å²) in [6, 6.07) is 14.5. The first-order chi connectivity index (χ1) is 14.0. The van der Waals surface area contributed by atoms with Crippen LogP contribution >= 0.6 is 22.9 Å². The number of ether oxygens (including phenoxy) is 1. The molecule has 0 saturated heterocycles. The molecule has 4 rings (SSSR count). The summed E-state index contributed by atoms with van der Waals surface area (Å²) in [6.07, 6.45) is 1.85. The van der Waals surface area contributed by atoms with Gasteiger partial charge in [-0.25, -0.2) is 9.79 Å². The normalized spacial score (nSPS) is 13.7. The van der Waals surface area contributed by atoms with E-state index in [1.165, 1.54) is 11.3 Å². The Balaban J connectivity index is 1.59. The van der Waals surface area contributed by atoms with Gasteiger partial charge in [0.25, 0.3) is 5.56 Å². The average molecular weight is 428 g/mol. The quantitative estimate of drug-likeness (QED) is 0.600. The largest absolute Gasteiger partial charge is 0.462 e. The first-order valence-corrected chi connectivity index (χ1v) is 10.3. The van der Waals surface area contributed by atoms with Crippen molar-refractivity contribution in [3.63, 3.8) is 0 Å². The van der Waals surface area contributed by atoms with Crippen LogP contribution in [0.2, 0.25) is 5.02 Å². The number of esters is 1. The average Bonchev–Trinajstić information content (AvgIpc) is 3.05. The first kappa shape index (κ1) is 19.4. The highest BCUT2D eigenvalue weighted by molar-refractivity contribution is 7.07. The number of hydrogen-bond donors (Lipinski definition) is 0. The Bertz CT molecular complexity index is 1210. The minimum Gasteiger partial charge on any atom is -0.462 e. The van der Waals surface area contributed by atoms with E-state index in [4.69, 9.17) is 16.3 Å². The van der Waals surface area contributed by atoms with Gasteiger partial charge in [-0.3, -0.25) is 9.36 Å². The zero-order chi connectivity index (χ0) is 20.4. The fraction of sp³-hybridized carbons (Fsp3) is 0.190. The molecule has 1 aromatic heterocycles. The molecule has 0 spiro atoms. The minimum absolute atomic E-state index is 0.0726. The van der Waals surface area contributed by atoms with Gasteiger partial charge in [0.2, 0.25) is 0 Å². The van der Waals surface area contributed by atoms with Crippen molar-refractivity contribution in [3.05, 3.63) is 84.4 Å². The number of carbonyl (C=O) groups is 1. The summed E-state index contributed by atoms with van der Waals surface area (Å²) in [6.45, 7) is 2.96. The highest BCUT2D eigenvalue weighted by atomic mass is 35.5. The van der Waals surface area contributed by atoms with E-state index < -0.39 is 0 Å². The molecule has 0 aliphatic carbocycles. The Morgan fingerprint density at radius 2 is 1.93 bits per heavy atom. The first-order valence-electron chi connectivity index (χ1n) is 9.08. The fourth-order valence-corrected chi connectivity index (χ4v) is 4.10. The van der Waals surface area contributed by atoms with Gasteiger partial charge < -0.3 is 9.64 Å². The Hall–Kier alpha value is -2.90. The van der Waals surface area contributed by atoms with E-state index in [-0.39, 0.29) is 11.5 Å². The maximum Gasteiger partial charge on any atom is 0.338 e. The summed E-state index contributed by atoms with van der Waals surface area (Å²) >= 11 is 7.30. The second-order valence-electron chi connectivity index (χ2n) is 6.43. The lowest BCUT2D eigenvalue weighted by atomic mass is 10.2. The van der Waals surface area contributed by atoms with Crippen molar-refractivity contribution in [3.8, 4) is 0 Å². The van der Waals surface area contributed by atoms with Crippen molar-refractivity contribution in [1.29, 1.82) is 0 Å². The third-order valence-electron chi connectivity index (χ3n) is 4.49. The van der Waals surface area contributed by atoms with Gasteiger partial charge in [0.05, 0.1) is 16.7 Å². The number of halogens is 1. The monoisotopic (exact) mass is 427 g/mol. The number of hydrogen-bond acceptors (Lipinski definition) is 6. The Kier molecular flexibility index (Phi) is 5.51. The van der Waals surface area contributed by atoms with Crippen LogP contribution in [0.25, 0.3) is 6.08 Å². The third-order valence-corrected chi connectivity index (χ3v) is 5.78. The summed E-state index contributed by atoms with van der Waals surface area (Å²) in [5, 5.41) is 0.656. The number of fused-ring (bicyclic) bond motifs is 1. The second kappa shape index (κ2) is 8.23. The van der Waals surface area contributed by atoms with E-state index in [1.54, 1.807) is 35.8 Å². The van der Waals surface area contributed by atoms with Gasteiger partial charge in [0.1, 0.15) is 13.3 Å². The molecule has 0 N–H and O–H groups in total. The van der Waals surface area contributed by atoms with Gasteiger partial charge in [-0.05, 0) is 55.0 Å². The number of thiazole rings is 1. The molecular formula is C21H18ClN3O3S. The van der Waals surface area contributed by atoms with Crippen LogP contribution in [-0.4, -0.2) is 23.8 Å². The van der Waals surface area contributed by atoms with Gasteiger partial charge in [-0.2, -0.15) is 0 Å². The van der Waals surface area contributed by atoms with E-state index in [0.717, 1.165) is 11.3 Å².